The Labute approximate surface area is 169 Å². The Kier molecular flexibility index (Phi) is 5.21. The number of aliphatic imine (C=N–C) groups is 1. The number of nitro groups is 1. The molecule has 0 aliphatic carbocycles. The fourth-order valence-corrected chi connectivity index (χ4v) is 3.97. The smallest absolute Gasteiger partial charge is 0.286 e. The molecule has 4 rings (SSSR count). The monoisotopic (exact) mass is 419 g/mol. The summed E-state index contributed by atoms with van der Waals surface area (Å²) in [6, 6.07) is 7.64. The highest BCUT2D eigenvalue weighted by molar-refractivity contribution is 8.18. The largest absolute Gasteiger partial charge is 0.456 e. The summed E-state index contributed by atoms with van der Waals surface area (Å²) >= 11 is 7.13. The summed E-state index contributed by atoms with van der Waals surface area (Å²) in [5, 5.41) is 12.2. The third-order valence-corrected chi connectivity index (χ3v) is 5.49. The Hall–Kier alpha value is -2.62. The zero-order valence-electron chi connectivity index (χ0n) is 14.5. The van der Waals surface area contributed by atoms with E-state index in [0.29, 0.717) is 53.5 Å². The third-order valence-electron chi connectivity index (χ3n) is 4.21. The Morgan fingerprint density at radius 1 is 1.25 bits per heavy atom. The lowest BCUT2D eigenvalue weighted by molar-refractivity contribution is -0.384. The van der Waals surface area contributed by atoms with Gasteiger partial charge >= 0.3 is 0 Å². The van der Waals surface area contributed by atoms with E-state index in [1.54, 1.807) is 24.3 Å². The molecule has 0 spiro atoms. The molecule has 10 heteroatoms. The first-order chi connectivity index (χ1) is 13.5. The molecule has 1 saturated heterocycles. The first kappa shape index (κ1) is 18.7. The number of nitrogens with zero attached hydrogens (tertiary/aromatic N) is 3. The second-order valence-corrected chi connectivity index (χ2v) is 7.48. The lowest BCUT2D eigenvalue weighted by atomic mass is 10.1. The quantitative estimate of drug-likeness (QED) is 0.423. The molecule has 0 atom stereocenters. The van der Waals surface area contributed by atoms with Gasteiger partial charge in [0.1, 0.15) is 11.5 Å². The fraction of sp³-hybridized carbons (Fsp3) is 0.222. The first-order valence-electron chi connectivity index (χ1n) is 8.41. The SMILES string of the molecule is O=C1N=C(N2CCOCC2)SC1=Cc1ccc(-c2ccc(Cl)cc2[N+](=O)[O-])o1. The first-order valence-corrected chi connectivity index (χ1v) is 9.60. The van der Waals surface area contributed by atoms with Gasteiger partial charge < -0.3 is 14.1 Å². The lowest BCUT2D eigenvalue weighted by Crippen LogP contribution is -2.38. The minimum atomic E-state index is -0.513. The molecule has 1 amide bonds. The van der Waals surface area contributed by atoms with Crippen LogP contribution in [0.3, 0.4) is 0 Å². The number of rotatable bonds is 3. The van der Waals surface area contributed by atoms with E-state index in [1.807, 2.05) is 4.90 Å². The number of amidine groups is 1. The minimum absolute atomic E-state index is 0.148. The van der Waals surface area contributed by atoms with Gasteiger partial charge in [-0.15, -0.1) is 0 Å². The van der Waals surface area contributed by atoms with E-state index in [4.69, 9.17) is 20.8 Å². The second-order valence-electron chi connectivity index (χ2n) is 6.03. The molecule has 0 bridgehead atoms. The van der Waals surface area contributed by atoms with Gasteiger partial charge in [-0.1, -0.05) is 11.6 Å². The van der Waals surface area contributed by atoms with Crippen LogP contribution in [0.2, 0.25) is 5.02 Å². The summed E-state index contributed by atoms with van der Waals surface area (Å²) in [6.07, 6.45) is 1.59. The van der Waals surface area contributed by atoms with Crippen molar-refractivity contribution in [1.82, 2.24) is 4.90 Å². The summed E-state index contributed by atoms with van der Waals surface area (Å²) in [6.45, 7) is 2.59. The minimum Gasteiger partial charge on any atom is -0.456 e. The number of carbonyl (C=O) groups excluding carboxylic acids is 1. The number of hydrogen-bond acceptors (Lipinski definition) is 7. The average Bonchev–Trinajstić information content (AvgIpc) is 3.30. The van der Waals surface area contributed by atoms with Crippen LogP contribution in [0.1, 0.15) is 5.76 Å². The number of furan rings is 1. The topological polar surface area (TPSA) is 98.2 Å². The van der Waals surface area contributed by atoms with Crippen LogP contribution in [-0.4, -0.2) is 47.2 Å². The van der Waals surface area contributed by atoms with Gasteiger partial charge in [-0.2, -0.15) is 4.99 Å². The van der Waals surface area contributed by atoms with E-state index in [0.717, 1.165) is 0 Å². The maximum absolute atomic E-state index is 12.2. The van der Waals surface area contributed by atoms with Crippen molar-refractivity contribution in [3.8, 4) is 11.3 Å². The van der Waals surface area contributed by atoms with Crippen molar-refractivity contribution < 1.29 is 18.9 Å². The lowest BCUT2D eigenvalue weighted by Gasteiger charge is -2.27. The second kappa shape index (κ2) is 7.78. The number of amides is 1. The number of carbonyl (C=O) groups is 1. The number of hydrogen-bond donors (Lipinski definition) is 0. The molecule has 1 fully saturated rings. The number of ether oxygens (including phenoxy) is 1. The van der Waals surface area contributed by atoms with E-state index in [9.17, 15) is 14.9 Å². The van der Waals surface area contributed by atoms with Gasteiger partial charge in [-0.3, -0.25) is 14.9 Å². The number of thioether (sulfide) groups is 1. The molecular formula is C18H14ClN3O5S. The maximum atomic E-state index is 12.2. The van der Waals surface area contributed by atoms with Gasteiger partial charge in [-0.25, -0.2) is 0 Å². The maximum Gasteiger partial charge on any atom is 0.286 e. The normalized spacial score (nSPS) is 18.6. The van der Waals surface area contributed by atoms with Crippen molar-refractivity contribution >= 4 is 46.2 Å². The average molecular weight is 420 g/mol. The molecule has 0 unspecified atom stereocenters. The van der Waals surface area contributed by atoms with Crippen LogP contribution in [-0.2, 0) is 9.53 Å². The van der Waals surface area contributed by atoms with Crippen molar-refractivity contribution in [2.45, 2.75) is 0 Å². The number of morpholine rings is 1. The van der Waals surface area contributed by atoms with Crippen LogP contribution in [0.15, 0.2) is 44.6 Å². The van der Waals surface area contributed by atoms with Crippen molar-refractivity contribution in [3.05, 3.63) is 56.1 Å². The molecule has 0 N–H and O–H groups in total. The van der Waals surface area contributed by atoms with Gasteiger partial charge in [-0.05, 0) is 36.0 Å². The molecule has 8 nitrogen and oxygen atoms in total. The molecule has 144 valence electrons. The van der Waals surface area contributed by atoms with E-state index >= 15 is 0 Å². The zero-order valence-corrected chi connectivity index (χ0v) is 16.0. The van der Waals surface area contributed by atoms with Crippen molar-refractivity contribution in [2.75, 3.05) is 26.3 Å². The number of nitro benzene ring substituents is 1. The molecule has 0 radical (unpaired) electrons. The highest BCUT2D eigenvalue weighted by atomic mass is 35.5. The Morgan fingerprint density at radius 2 is 2.04 bits per heavy atom. The van der Waals surface area contributed by atoms with Gasteiger partial charge in [0.15, 0.2) is 5.17 Å². The Balaban J connectivity index is 1.56. The number of benzene rings is 1. The van der Waals surface area contributed by atoms with E-state index in [1.165, 1.54) is 23.9 Å². The van der Waals surface area contributed by atoms with Crippen LogP contribution in [0.25, 0.3) is 17.4 Å². The number of halogens is 1. The van der Waals surface area contributed by atoms with Crippen molar-refractivity contribution in [2.24, 2.45) is 4.99 Å². The molecule has 2 aliphatic rings. The van der Waals surface area contributed by atoms with Crippen LogP contribution in [0, 0.1) is 10.1 Å². The Morgan fingerprint density at radius 3 is 2.79 bits per heavy atom. The molecule has 28 heavy (non-hydrogen) atoms. The molecule has 2 aliphatic heterocycles. The van der Waals surface area contributed by atoms with Gasteiger partial charge in [0.05, 0.1) is 28.6 Å². The summed E-state index contributed by atoms with van der Waals surface area (Å²) < 4.78 is 11.0. The predicted octanol–water partition coefficient (Wildman–Crippen LogP) is 3.81. The summed E-state index contributed by atoms with van der Waals surface area (Å²) in [4.78, 5) is 29.5. The third kappa shape index (κ3) is 3.82. The molecule has 0 saturated carbocycles. The summed E-state index contributed by atoms with van der Waals surface area (Å²) in [5.41, 5.74) is 0.167. The predicted molar refractivity (Wildman–Crippen MR) is 106 cm³/mol. The van der Waals surface area contributed by atoms with Gasteiger partial charge in [0, 0.05) is 30.3 Å². The highest BCUT2D eigenvalue weighted by Crippen LogP contribution is 2.35. The van der Waals surface area contributed by atoms with Crippen LogP contribution in [0.4, 0.5) is 5.69 Å². The van der Waals surface area contributed by atoms with E-state index in [-0.39, 0.29) is 16.6 Å². The van der Waals surface area contributed by atoms with Crippen molar-refractivity contribution in [1.29, 1.82) is 0 Å². The standard InChI is InChI=1S/C18H14ClN3O5S/c19-11-1-3-13(14(9-11)22(24)25)15-4-2-12(27-15)10-16-17(23)20-18(28-16)21-5-7-26-8-6-21/h1-4,9-10H,5-8H2. The van der Waals surface area contributed by atoms with Crippen LogP contribution in [0.5, 0.6) is 0 Å². The summed E-state index contributed by atoms with van der Waals surface area (Å²) in [7, 11) is 0. The molecule has 3 heterocycles. The summed E-state index contributed by atoms with van der Waals surface area (Å²) in [5.74, 6) is 0.399. The zero-order chi connectivity index (χ0) is 19.7. The van der Waals surface area contributed by atoms with Crippen LogP contribution < -0.4 is 0 Å². The Bertz CT molecular complexity index is 1010. The molecule has 2 aromatic rings. The fourth-order valence-electron chi connectivity index (χ4n) is 2.86. The molecule has 1 aromatic carbocycles. The highest BCUT2D eigenvalue weighted by Gasteiger charge is 2.27. The molecule has 1 aromatic heterocycles. The van der Waals surface area contributed by atoms with E-state index in [2.05, 4.69) is 4.99 Å². The van der Waals surface area contributed by atoms with E-state index < -0.39 is 4.92 Å². The van der Waals surface area contributed by atoms with Gasteiger partial charge in [0.2, 0.25) is 0 Å². The molecular weight excluding hydrogens is 406 g/mol. The van der Waals surface area contributed by atoms with Crippen LogP contribution >= 0.6 is 23.4 Å². The van der Waals surface area contributed by atoms with Gasteiger partial charge in [0.25, 0.3) is 11.6 Å². The van der Waals surface area contributed by atoms with Crippen molar-refractivity contribution in [3.63, 3.8) is 0 Å².